The molecule has 0 unspecified atom stereocenters. The second kappa shape index (κ2) is 10.7. The van der Waals surface area contributed by atoms with Crippen LogP contribution >= 0.6 is 55.2 Å². The van der Waals surface area contributed by atoms with Crippen LogP contribution in [0.2, 0.25) is 5.02 Å². The first kappa shape index (κ1) is 23.8. The predicted molar refractivity (Wildman–Crippen MR) is 140 cm³/mol. The number of fused-ring (bicyclic) bond motifs is 1. The Hall–Kier alpha value is -2.33. The number of nitrogens with zero attached hydrogens (tertiary/aromatic N) is 3. The van der Waals surface area contributed by atoms with Crippen LogP contribution in [0.3, 0.4) is 0 Å². The van der Waals surface area contributed by atoms with Gasteiger partial charge < -0.3 is 9.67 Å². The molecular formula is C23H17Br2ClN4O2S. The summed E-state index contributed by atoms with van der Waals surface area (Å²) in [5.74, 6) is -0.105. The molecule has 2 N–H and O–H groups in total. The van der Waals surface area contributed by atoms with Crippen LogP contribution in [-0.4, -0.2) is 32.5 Å². The van der Waals surface area contributed by atoms with Crippen LogP contribution in [-0.2, 0) is 11.3 Å². The third-order valence-corrected chi connectivity index (χ3v) is 6.95. The fraction of sp³-hybridized carbons (Fsp3) is 0.0870. The number of amides is 1. The molecule has 0 atom stereocenters. The maximum atomic E-state index is 12.4. The molecule has 0 aliphatic rings. The molecule has 1 amide bonds. The lowest BCUT2D eigenvalue weighted by Crippen LogP contribution is -2.20. The number of rotatable bonds is 7. The summed E-state index contributed by atoms with van der Waals surface area (Å²) >= 11 is 14.0. The van der Waals surface area contributed by atoms with Gasteiger partial charge in [0, 0.05) is 15.1 Å². The van der Waals surface area contributed by atoms with E-state index in [0.717, 1.165) is 26.2 Å². The quantitative estimate of drug-likeness (QED) is 0.149. The number of imidazole rings is 1. The molecule has 1 aromatic heterocycles. The van der Waals surface area contributed by atoms with Crippen LogP contribution < -0.4 is 5.43 Å². The lowest BCUT2D eigenvalue weighted by atomic mass is 10.2. The molecule has 0 bridgehead atoms. The zero-order chi connectivity index (χ0) is 23.4. The van der Waals surface area contributed by atoms with Crippen LogP contribution in [0.15, 0.2) is 79.9 Å². The van der Waals surface area contributed by atoms with Gasteiger partial charge in [-0.15, -0.1) is 0 Å². The van der Waals surface area contributed by atoms with Crippen LogP contribution in [0.5, 0.6) is 5.75 Å². The molecule has 4 aromatic rings. The van der Waals surface area contributed by atoms with Gasteiger partial charge in [0.1, 0.15) is 5.75 Å². The number of thioether (sulfide) groups is 1. The van der Waals surface area contributed by atoms with Gasteiger partial charge in [-0.25, -0.2) is 10.4 Å². The maximum absolute atomic E-state index is 12.4. The zero-order valence-electron chi connectivity index (χ0n) is 17.0. The fourth-order valence-corrected chi connectivity index (χ4v) is 5.30. The number of carbonyl (C=O) groups is 1. The van der Waals surface area contributed by atoms with Gasteiger partial charge in [-0.3, -0.25) is 4.79 Å². The van der Waals surface area contributed by atoms with Crippen molar-refractivity contribution in [2.45, 2.75) is 11.7 Å². The number of hydrogen-bond acceptors (Lipinski definition) is 5. The Bertz CT molecular complexity index is 1340. The number of para-hydroxylation sites is 2. The van der Waals surface area contributed by atoms with E-state index in [9.17, 15) is 9.90 Å². The average molecular weight is 609 g/mol. The number of carbonyl (C=O) groups excluding carboxylic acids is 1. The minimum Gasteiger partial charge on any atom is -0.506 e. The van der Waals surface area contributed by atoms with Crippen molar-refractivity contribution < 1.29 is 9.90 Å². The highest BCUT2D eigenvalue weighted by atomic mass is 79.9. The smallest absolute Gasteiger partial charge is 0.250 e. The molecule has 0 saturated carbocycles. The van der Waals surface area contributed by atoms with E-state index in [1.807, 2.05) is 48.5 Å². The first-order valence-corrected chi connectivity index (χ1v) is 12.7. The molecule has 1 heterocycles. The van der Waals surface area contributed by atoms with Crippen molar-refractivity contribution in [2.75, 3.05) is 5.75 Å². The highest BCUT2D eigenvalue weighted by Crippen LogP contribution is 2.30. The summed E-state index contributed by atoms with van der Waals surface area (Å²) in [5, 5.41) is 15.5. The van der Waals surface area contributed by atoms with Crippen LogP contribution in [0.1, 0.15) is 11.1 Å². The van der Waals surface area contributed by atoms with Crippen molar-refractivity contribution in [2.24, 2.45) is 5.10 Å². The Morgan fingerprint density at radius 1 is 1.18 bits per heavy atom. The molecule has 3 aromatic carbocycles. The zero-order valence-corrected chi connectivity index (χ0v) is 21.7. The van der Waals surface area contributed by atoms with Gasteiger partial charge in [0.25, 0.3) is 5.91 Å². The van der Waals surface area contributed by atoms with Gasteiger partial charge in [0.2, 0.25) is 0 Å². The molecule has 0 aliphatic carbocycles. The van der Waals surface area contributed by atoms with Gasteiger partial charge in [-0.2, -0.15) is 5.10 Å². The van der Waals surface area contributed by atoms with Crippen molar-refractivity contribution in [1.29, 1.82) is 0 Å². The van der Waals surface area contributed by atoms with E-state index in [4.69, 9.17) is 16.6 Å². The summed E-state index contributed by atoms with van der Waals surface area (Å²) in [5.41, 5.74) is 5.90. The van der Waals surface area contributed by atoms with Crippen molar-refractivity contribution in [3.63, 3.8) is 0 Å². The van der Waals surface area contributed by atoms with Gasteiger partial charge in [0.05, 0.1) is 34.0 Å². The molecule has 33 heavy (non-hydrogen) atoms. The number of aromatic hydroxyl groups is 1. The van der Waals surface area contributed by atoms with Crippen molar-refractivity contribution in [3.8, 4) is 5.75 Å². The van der Waals surface area contributed by atoms with Crippen LogP contribution in [0.4, 0.5) is 0 Å². The summed E-state index contributed by atoms with van der Waals surface area (Å²) in [7, 11) is 0. The molecule has 0 radical (unpaired) electrons. The highest BCUT2D eigenvalue weighted by Gasteiger charge is 2.13. The van der Waals surface area contributed by atoms with E-state index in [0.29, 0.717) is 21.6 Å². The Kier molecular flexibility index (Phi) is 7.75. The summed E-state index contributed by atoms with van der Waals surface area (Å²) in [4.78, 5) is 17.1. The van der Waals surface area contributed by atoms with E-state index in [1.165, 1.54) is 18.0 Å². The molecular weight excluding hydrogens is 592 g/mol. The van der Waals surface area contributed by atoms with Gasteiger partial charge in [-0.1, -0.05) is 63.6 Å². The Morgan fingerprint density at radius 3 is 2.73 bits per heavy atom. The summed E-state index contributed by atoms with van der Waals surface area (Å²) in [6.45, 7) is 0.608. The maximum Gasteiger partial charge on any atom is 0.250 e. The highest BCUT2D eigenvalue weighted by molar-refractivity contribution is 9.11. The molecule has 0 fully saturated rings. The van der Waals surface area contributed by atoms with Gasteiger partial charge >= 0.3 is 0 Å². The topological polar surface area (TPSA) is 79.5 Å². The molecule has 10 heteroatoms. The number of hydrazone groups is 1. The predicted octanol–water partition coefficient (Wildman–Crippen LogP) is 6.21. The Balaban J connectivity index is 1.45. The van der Waals surface area contributed by atoms with E-state index < -0.39 is 0 Å². The van der Waals surface area contributed by atoms with Crippen LogP contribution in [0, 0.1) is 0 Å². The summed E-state index contributed by atoms with van der Waals surface area (Å²) in [6.07, 6.45) is 1.39. The van der Waals surface area contributed by atoms with E-state index >= 15 is 0 Å². The molecule has 0 saturated heterocycles. The van der Waals surface area contributed by atoms with Gasteiger partial charge in [0.15, 0.2) is 5.16 Å². The normalized spacial score (nSPS) is 11.4. The second-order valence-electron chi connectivity index (χ2n) is 7.00. The third kappa shape index (κ3) is 5.97. The number of aromatic nitrogens is 2. The van der Waals surface area contributed by atoms with Gasteiger partial charge in [-0.05, 0) is 57.9 Å². The van der Waals surface area contributed by atoms with Crippen molar-refractivity contribution in [1.82, 2.24) is 15.0 Å². The number of phenolic OH excluding ortho intramolecular Hbond substituents is 1. The monoisotopic (exact) mass is 606 g/mol. The van der Waals surface area contributed by atoms with E-state index in [-0.39, 0.29) is 17.4 Å². The Morgan fingerprint density at radius 2 is 1.94 bits per heavy atom. The number of nitrogens with one attached hydrogen (secondary N) is 1. The van der Waals surface area contributed by atoms with E-state index in [2.05, 4.69) is 47.0 Å². The van der Waals surface area contributed by atoms with Crippen LogP contribution in [0.25, 0.3) is 11.0 Å². The molecule has 168 valence electrons. The lowest BCUT2D eigenvalue weighted by molar-refractivity contribution is -0.118. The molecule has 0 aliphatic heterocycles. The number of halogens is 3. The second-order valence-corrected chi connectivity index (χ2v) is 10.2. The largest absolute Gasteiger partial charge is 0.506 e. The molecule has 6 nitrogen and oxygen atoms in total. The molecule has 0 spiro atoms. The number of phenols is 1. The summed E-state index contributed by atoms with van der Waals surface area (Å²) in [6, 6.07) is 18.9. The SMILES string of the molecule is O=C(CSc1nc2ccccc2n1Cc1ccc(Cl)cc1)NN=Cc1cc(Br)cc(Br)c1O. The third-order valence-electron chi connectivity index (χ3n) is 4.66. The standard InChI is InChI=1S/C23H17Br2ClN4O2S/c24-16-9-15(22(32)18(25)10-16)11-27-29-21(31)13-33-23-28-19-3-1-2-4-20(19)30(23)12-14-5-7-17(26)8-6-14/h1-11,32H,12-13H2,(H,29,31). The minimum absolute atomic E-state index is 0.0430. The first-order valence-electron chi connectivity index (χ1n) is 9.73. The van der Waals surface area contributed by atoms with Crippen molar-refractivity contribution >= 4 is 78.4 Å². The average Bonchev–Trinajstić information content (AvgIpc) is 3.14. The Labute approximate surface area is 216 Å². The number of benzene rings is 3. The summed E-state index contributed by atoms with van der Waals surface area (Å²) < 4.78 is 3.38. The minimum atomic E-state index is -0.282. The van der Waals surface area contributed by atoms with E-state index in [1.54, 1.807) is 12.1 Å². The molecule has 4 rings (SSSR count). The lowest BCUT2D eigenvalue weighted by Gasteiger charge is -2.09. The van der Waals surface area contributed by atoms with Crippen molar-refractivity contribution in [3.05, 3.63) is 85.8 Å². The fourth-order valence-electron chi connectivity index (χ4n) is 3.11. The first-order chi connectivity index (χ1) is 15.9. The number of hydrogen-bond donors (Lipinski definition) is 2.